The number of rotatable bonds is 7. The van der Waals surface area contributed by atoms with E-state index in [9.17, 15) is 14.9 Å². The van der Waals surface area contributed by atoms with Crippen LogP contribution >= 0.6 is 0 Å². The first-order chi connectivity index (χ1) is 13.9. The van der Waals surface area contributed by atoms with Crippen molar-refractivity contribution >= 4 is 17.3 Å². The number of carbonyl (C=O) groups is 1. The average molecular weight is 396 g/mol. The highest BCUT2D eigenvalue weighted by Gasteiger charge is 2.15. The normalized spacial score (nSPS) is 10.4. The van der Waals surface area contributed by atoms with E-state index in [-0.39, 0.29) is 18.1 Å². The maximum absolute atomic E-state index is 12.5. The zero-order valence-corrected chi connectivity index (χ0v) is 16.2. The molecule has 0 saturated heterocycles. The molecule has 1 N–H and O–H groups in total. The zero-order chi connectivity index (χ0) is 21.0. The van der Waals surface area contributed by atoms with Crippen molar-refractivity contribution in [3.63, 3.8) is 0 Å². The van der Waals surface area contributed by atoms with Crippen LogP contribution in [0, 0.1) is 24.0 Å². The van der Waals surface area contributed by atoms with Crippen LogP contribution in [0.15, 0.2) is 52.9 Å². The molecule has 0 aliphatic rings. The maximum atomic E-state index is 12.5. The van der Waals surface area contributed by atoms with Crippen LogP contribution in [0.3, 0.4) is 0 Å². The number of amides is 1. The molecule has 8 heteroatoms. The molecule has 29 heavy (non-hydrogen) atoms. The second-order valence-electron chi connectivity index (χ2n) is 6.42. The van der Waals surface area contributed by atoms with Crippen LogP contribution in [0.4, 0.5) is 11.4 Å². The topological polar surface area (TPSA) is 104 Å². The summed E-state index contributed by atoms with van der Waals surface area (Å²) < 4.78 is 16.4. The van der Waals surface area contributed by atoms with Gasteiger partial charge in [0.05, 0.1) is 17.7 Å². The van der Waals surface area contributed by atoms with Gasteiger partial charge in [-0.3, -0.25) is 14.9 Å². The third kappa shape index (κ3) is 4.73. The lowest BCUT2D eigenvalue weighted by Gasteiger charge is -2.10. The summed E-state index contributed by atoms with van der Waals surface area (Å²) in [7, 11) is 1.53. The first kappa shape index (κ1) is 19.9. The second-order valence-corrected chi connectivity index (χ2v) is 6.42. The summed E-state index contributed by atoms with van der Waals surface area (Å²) in [6, 6.07) is 13.2. The van der Waals surface area contributed by atoms with E-state index in [1.807, 2.05) is 13.0 Å². The summed E-state index contributed by atoms with van der Waals surface area (Å²) in [5, 5.41) is 13.6. The first-order valence-corrected chi connectivity index (χ1v) is 8.80. The third-order valence-corrected chi connectivity index (χ3v) is 4.23. The Balaban J connectivity index is 1.65. The summed E-state index contributed by atoms with van der Waals surface area (Å²) in [4.78, 5) is 22.9. The van der Waals surface area contributed by atoms with E-state index in [1.54, 1.807) is 37.3 Å². The molecule has 1 heterocycles. The van der Waals surface area contributed by atoms with Crippen molar-refractivity contribution in [2.45, 2.75) is 20.5 Å². The second kappa shape index (κ2) is 8.47. The van der Waals surface area contributed by atoms with Gasteiger partial charge in [0.25, 0.3) is 11.6 Å². The molecular weight excluding hydrogens is 376 g/mol. The van der Waals surface area contributed by atoms with Crippen molar-refractivity contribution in [2.75, 3.05) is 12.4 Å². The number of carbonyl (C=O) groups excluding carboxylic acids is 1. The highest BCUT2D eigenvalue weighted by Crippen LogP contribution is 2.26. The Hall–Kier alpha value is -3.81. The number of aryl methyl sites for hydroxylation is 2. The van der Waals surface area contributed by atoms with Crippen LogP contribution in [-0.4, -0.2) is 17.9 Å². The highest BCUT2D eigenvalue weighted by molar-refractivity contribution is 6.03. The molecule has 0 aliphatic heterocycles. The summed E-state index contributed by atoms with van der Waals surface area (Å²) in [5.74, 6) is 1.19. The Morgan fingerprint density at radius 2 is 1.93 bits per heavy atom. The van der Waals surface area contributed by atoms with Crippen LogP contribution in [0.2, 0.25) is 0 Å². The van der Waals surface area contributed by atoms with E-state index in [0.717, 1.165) is 5.56 Å². The van der Waals surface area contributed by atoms with E-state index in [1.165, 1.54) is 19.2 Å². The minimum absolute atomic E-state index is 0.0286. The molecule has 3 aromatic rings. The average Bonchev–Trinajstić information content (AvgIpc) is 3.15. The largest absolute Gasteiger partial charge is 0.495 e. The molecule has 0 radical (unpaired) electrons. The number of nitro groups is 1. The minimum Gasteiger partial charge on any atom is -0.495 e. The van der Waals surface area contributed by atoms with Crippen molar-refractivity contribution in [3.05, 3.63) is 81.3 Å². The van der Waals surface area contributed by atoms with Gasteiger partial charge >= 0.3 is 0 Å². The standard InChI is InChI=1S/C21H20N2O6/c1-13-4-8-19(27-3)17(10-13)22-21(24)20-9-6-16(29-20)12-28-15-5-7-18(23(25)26)14(2)11-15/h4-11H,12H2,1-3H3,(H,22,24). The number of benzene rings is 2. The number of nitro benzene ring substituents is 1. The molecule has 2 aromatic carbocycles. The molecule has 0 aliphatic carbocycles. The fraction of sp³-hybridized carbons (Fsp3) is 0.190. The van der Waals surface area contributed by atoms with Gasteiger partial charge in [0.2, 0.25) is 0 Å². The lowest BCUT2D eigenvalue weighted by atomic mass is 10.2. The van der Waals surface area contributed by atoms with Crippen LogP contribution in [-0.2, 0) is 6.61 Å². The fourth-order valence-corrected chi connectivity index (χ4v) is 2.76. The Bertz CT molecular complexity index is 1060. The van der Waals surface area contributed by atoms with E-state index in [2.05, 4.69) is 5.32 Å². The molecule has 0 spiro atoms. The Morgan fingerprint density at radius 3 is 2.62 bits per heavy atom. The van der Waals surface area contributed by atoms with E-state index >= 15 is 0 Å². The van der Waals surface area contributed by atoms with Crippen molar-refractivity contribution < 1.29 is 23.6 Å². The number of hydrogen-bond acceptors (Lipinski definition) is 6. The van der Waals surface area contributed by atoms with Crippen LogP contribution in [0.5, 0.6) is 11.5 Å². The third-order valence-electron chi connectivity index (χ3n) is 4.23. The lowest BCUT2D eigenvalue weighted by molar-refractivity contribution is -0.385. The van der Waals surface area contributed by atoms with Gasteiger partial charge in [-0.2, -0.15) is 0 Å². The predicted octanol–water partition coefficient (Wildman–Crippen LogP) is 4.64. The fourth-order valence-electron chi connectivity index (χ4n) is 2.76. The first-order valence-electron chi connectivity index (χ1n) is 8.80. The van der Waals surface area contributed by atoms with Crippen LogP contribution < -0.4 is 14.8 Å². The number of methoxy groups -OCH3 is 1. The summed E-state index contributed by atoms with van der Waals surface area (Å²) >= 11 is 0. The SMILES string of the molecule is COc1ccc(C)cc1NC(=O)c1ccc(COc2ccc([N+](=O)[O-])c(C)c2)o1. The van der Waals surface area contributed by atoms with Gasteiger partial charge in [-0.15, -0.1) is 0 Å². The van der Waals surface area contributed by atoms with E-state index in [4.69, 9.17) is 13.9 Å². The molecule has 0 atom stereocenters. The minimum atomic E-state index is -0.445. The van der Waals surface area contributed by atoms with Gasteiger partial charge in [0, 0.05) is 11.6 Å². The van der Waals surface area contributed by atoms with Gasteiger partial charge < -0.3 is 19.2 Å². The molecule has 0 bridgehead atoms. The molecule has 1 amide bonds. The van der Waals surface area contributed by atoms with Crippen molar-refractivity contribution in [2.24, 2.45) is 0 Å². The smallest absolute Gasteiger partial charge is 0.291 e. The number of ether oxygens (including phenoxy) is 2. The molecule has 0 saturated carbocycles. The number of hydrogen-bond donors (Lipinski definition) is 1. The van der Waals surface area contributed by atoms with Crippen molar-refractivity contribution in [1.29, 1.82) is 0 Å². The molecule has 1 aromatic heterocycles. The molecule has 0 unspecified atom stereocenters. The van der Waals surface area contributed by atoms with Gasteiger partial charge in [-0.1, -0.05) is 6.07 Å². The quantitative estimate of drug-likeness (QED) is 0.461. The zero-order valence-electron chi connectivity index (χ0n) is 16.2. The van der Waals surface area contributed by atoms with Gasteiger partial charge in [-0.25, -0.2) is 0 Å². The molecule has 150 valence electrons. The monoisotopic (exact) mass is 396 g/mol. The Morgan fingerprint density at radius 1 is 1.14 bits per heavy atom. The number of nitrogens with one attached hydrogen (secondary N) is 1. The lowest BCUT2D eigenvalue weighted by Crippen LogP contribution is -2.12. The predicted molar refractivity (Wildman–Crippen MR) is 107 cm³/mol. The number of furan rings is 1. The Labute approximate surface area is 167 Å². The van der Waals surface area contributed by atoms with Crippen molar-refractivity contribution in [3.8, 4) is 11.5 Å². The summed E-state index contributed by atoms with van der Waals surface area (Å²) in [5.41, 5.74) is 2.06. The van der Waals surface area contributed by atoms with Crippen LogP contribution in [0.1, 0.15) is 27.4 Å². The number of nitrogens with zero attached hydrogens (tertiary/aromatic N) is 1. The summed E-state index contributed by atoms with van der Waals surface area (Å²) in [6.07, 6.45) is 0. The maximum Gasteiger partial charge on any atom is 0.291 e. The Kier molecular flexibility index (Phi) is 5.82. The highest BCUT2D eigenvalue weighted by atomic mass is 16.6. The van der Waals surface area contributed by atoms with E-state index in [0.29, 0.717) is 28.5 Å². The molecule has 8 nitrogen and oxygen atoms in total. The molecule has 0 fully saturated rings. The van der Waals surface area contributed by atoms with Gasteiger partial charge in [-0.05, 0) is 55.8 Å². The summed E-state index contributed by atoms with van der Waals surface area (Å²) in [6.45, 7) is 3.63. The number of anilines is 1. The van der Waals surface area contributed by atoms with E-state index < -0.39 is 10.8 Å². The van der Waals surface area contributed by atoms with Gasteiger partial charge in [0.15, 0.2) is 5.76 Å². The molecular formula is C21H20N2O6. The van der Waals surface area contributed by atoms with Crippen LogP contribution in [0.25, 0.3) is 0 Å². The van der Waals surface area contributed by atoms with Gasteiger partial charge in [0.1, 0.15) is 23.9 Å². The molecule has 3 rings (SSSR count). The van der Waals surface area contributed by atoms with Crippen molar-refractivity contribution in [1.82, 2.24) is 0 Å².